The maximum absolute atomic E-state index is 2.21. The highest BCUT2D eigenvalue weighted by Gasteiger charge is 1.97. The zero-order chi connectivity index (χ0) is 8.23. The van der Waals surface area contributed by atoms with Crippen molar-refractivity contribution in [2.75, 3.05) is 0 Å². The molecule has 0 heteroatoms. The Bertz CT molecular complexity index is 319. The number of hydrogen-bond donors (Lipinski definition) is 0. The van der Waals surface area contributed by atoms with Crippen molar-refractivity contribution >= 4 is 6.08 Å². The summed E-state index contributed by atoms with van der Waals surface area (Å²) in [4.78, 5) is 0. The normalized spacial score (nSPS) is 17.7. The molecule has 0 amide bonds. The summed E-state index contributed by atoms with van der Waals surface area (Å²) >= 11 is 0. The number of aryl methyl sites for hydroxylation is 1. The summed E-state index contributed by atoms with van der Waals surface area (Å²) in [6.07, 6.45) is 10.9. The summed E-state index contributed by atoms with van der Waals surface area (Å²) in [5, 5.41) is 0. The molecule has 1 aromatic carbocycles. The maximum Gasteiger partial charge on any atom is -0.0224 e. The molecule has 0 saturated carbocycles. The lowest BCUT2D eigenvalue weighted by Gasteiger charge is -2.05. The van der Waals surface area contributed by atoms with Crippen molar-refractivity contribution < 1.29 is 0 Å². The lowest BCUT2D eigenvalue weighted by atomic mass is 10.0. The summed E-state index contributed by atoms with van der Waals surface area (Å²) < 4.78 is 0. The van der Waals surface area contributed by atoms with E-state index in [1.807, 2.05) is 0 Å². The molecular formula is C12H12. The zero-order valence-corrected chi connectivity index (χ0v) is 7.03. The molecule has 0 spiro atoms. The van der Waals surface area contributed by atoms with Crippen molar-refractivity contribution in [2.24, 2.45) is 0 Å². The van der Waals surface area contributed by atoms with Gasteiger partial charge in [-0.2, -0.15) is 0 Å². The molecule has 1 aliphatic carbocycles. The maximum atomic E-state index is 2.21. The fourth-order valence-electron chi connectivity index (χ4n) is 1.50. The molecule has 2 rings (SSSR count). The highest BCUT2D eigenvalue weighted by Crippen LogP contribution is 2.14. The third-order valence-electron chi connectivity index (χ3n) is 2.16. The van der Waals surface area contributed by atoms with Crippen LogP contribution in [0.25, 0.3) is 6.08 Å². The summed E-state index contributed by atoms with van der Waals surface area (Å²) in [5.74, 6) is 0. The van der Waals surface area contributed by atoms with Crippen LogP contribution in [0.3, 0.4) is 0 Å². The monoisotopic (exact) mass is 156 g/mol. The van der Waals surface area contributed by atoms with Gasteiger partial charge in [-0.3, -0.25) is 0 Å². The van der Waals surface area contributed by atoms with Crippen molar-refractivity contribution in [3.05, 3.63) is 53.6 Å². The van der Waals surface area contributed by atoms with Gasteiger partial charge >= 0.3 is 0 Å². The van der Waals surface area contributed by atoms with Gasteiger partial charge in [-0.1, -0.05) is 48.6 Å². The van der Waals surface area contributed by atoms with E-state index in [9.17, 15) is 0 Å². The molecule has 0 nitrogen and oxygen atoms in total. The minimum Gasteiger partial charge on any atom is -0.0842 e. The lowest BCUT2D eigenvalue weighted by molar-refractivity contribution is 0.996. The van der Waals surface area contributed by atoms with Crippen molar-refractivity contribution in [2.45, 2.75) is 12.8 Å². The smallest absolute Gasteiger partial charge is 0.0224 e. The Morgan fingerprint density at radius 1 is 1.00 bits per heavy atom. The van der Waals surface area contributed by atoms with Crippen LogP contribution >= 0.6 is 0 Å². The largest absolute Gasteiger partial charge is 0.0842 e. The Balaban J connectivity index is 2.43. The summed E-state index contributed by atoms with van der Waals surface area (Å²) in [6, 6.07) is 8.58. The molecular weight excluding hydrogens is 144 g/mol. The number of hydrogen-bond acceptors (Lipinski definition) is 0. The highest BCUT2D eigenvalue weighted by atomic mass is 14.0. The molecule has 0 heterocycles. The van der Waals surface area contributed by atoms with Crippen LogP contribution in [0.5, 0.6) is 0 Å². The Morgan fingerprint density at radius 3 is 2.92 bits per heavy atom. The zero-order valence-electron chi connectivity index (χ0n) is 7.03. The van der Waals surface area contributed by atoms with Gasteiger partial charge in [0.15, 0.2) is 0 Å². The number of rotatable bonds is 0. The van der Waals surface area contributed by atoms with E-state index in [0.717, 1.165) is 12.8 Å². The average molecular weight is 156 g/mol. The van der Waals surface area contributed by atoms with Gasteiger partial charge in [0.05, 0.1) is 0 Å². The van der Waals surface area contributed by atoms with E-state index in [-0.39, 0.29) is 0 Å². The van der Waals surface area contributed by atoms with Gasteiger partial charge in [0.25, 0.3) is 0 Å². The minimum absolute atomic E-state index is 1.15. The van der Waals surface area contributed by atoms with Gasteiger partial charge in [-0.05, 0) is 24.0 Å². The molecule has 0 aliphatic heterocycles. The summed E-state index contributed by atoms with van der Waals surface area (Å²) in [6.45, 7) is 0. The Labute approximate surface area is 73.2 Å². The molecule has 0 radical (unpaired) electrons. The number of allylic oxidation sites excluding steroid dienone is 3. The summed E-state index contributed by atoms with van der Waals surface area (Å²) in [7, 11) is 0. The third-order valence-corrected chi connectivity index (χ3v) is 2.16. The van der Waals surface area contributed by atoms with E-state index in [0.29, 0.717) is 0 Å². The SMILES string of the molecule is C1=Cc2ccccc2CC/C=C\1. The van der Waals surface area contributed by atoms with Crippen molar-refractivity contribution in [3.8, 4) is 0 Å². The second-order valence-corrected chi connectivity index (χ2v) is 3.02. The van der Waals surface area contributed by atoms with Gasteiger partial charge in [0, 0.05) is 0 Å². The molecule has 0 fully saturated rings. The van der Waals surface area contributed by atoms with Crippen LogP contribution in [-0.4, -0.2) is 0 Å². The van der Waals surface area contributed by atoms with Crippen LogP contribution in [0.15, 0.2) is 42.5 Å². The topological polar surface area (TPSA) is 0 Å². The van der Waals surface area contributed by atoms with Gasteiger partial charge in [-0.15, -0.1) is 0 Å². The third kappa shape index (κ3) is 1.48. The Kier molecular flexibility index (Phi) is 2.08. The second-order valence-electron chi connectivity index (χ2n) is 3.02. The average Bonchev–Trinajstić information content (AvgIpc) is 2.06. The quantitative estimate of drug-likeness (QED) is 0.541. The minimum atomic E-state index is 1.15. The van der Waals surface area contributed by atoms with E-state index >= 15 is 0 Å². The highest BCUT2D eigenvalue weighted by molar-refractivity contribution is 5.55. The predicted octanol–water partition coefficient (Wildman–Crippen LogP) is 3.20. The van der Waals surface area contributed by atoms with Crippen LogP contribution in [-0.2, 0) is 6.42 Å². The first kappa shape index (κ1) is 7.35. The van der Waals surface area contributed by atoms with Crippen LogP contribution < -0.4 is 0 Å². The van der Waals surface area contributed by atoms with E-state index in [2.05, 4.69) is 48.6 Å². The van der Waals surface area contributed by atoms with E-state index < -0.39 is 0 Å². The molecule has 1 aliphatic rings. The van der Waals surface area contributed by atoms with Crippen LogP contribution in [0.4, 0.5) is 0 Å². The molecule has 0 atom stereocenters. The number of fused-ring (bicyclic) bond motifs is 1. The predicted molar refractivity (Wildman–Crippen MR) is 52.9 cm³/mol. The van der Waals surface area contributed by atoms with Gasteiger partial charge in [0.2, 0.25) is 0 Å². The molecule has 0 unspecified atom stereocenters. The van der Waals surface area contributed by atoms with Gasteiger partial charge < -0.3 is 0 Å². The van der Waals surface area contributed by atoms with Crippen LogP contribution in [0, 0.1) is 0 Å². The Hall–Kier alpha value is -1.30. The van der Waals surface area contributed by atoms with Gasteiger partial charge in [0.1, 0.15) is 0 Å². The van der Waals surface area contributed by atoms with E-state index in [1.165, 1.54) is 11.1 Å². The lowest BCUT2D eigenvalue weighted by Crippen LogP contribution is -1.88. The first-order valence-corrected chi connectivity index (χ1v) is 4.38. The van der Waals surface area contributed by atoms with E-state index in [4.69, 9.17) is 0 Å². The standard InChI is InChI=1S/C12H12/c1-2-4-8-12-10-6-5-9-11(12)7-3-1/h1-3,5-7,9-10H,4,8H2/b2-1-,7-3?. The fourth-order valence-corrected chi connectivity index (χ4v) is 1.50. The van der Waals surface area contributed by atoms with Gasteiger partial charge in [-0.25, -0.2) is 0 Å². The first-order chi connectivity index (χ1) is 5.97. The molecule has 0 aromatic heterocycles. The number of benzene rings is 1. The molecule has 0 N–H and O–H groups in total. The first-order valence-electron chi connectivity index (χ1n) is 4.38. The summed E-state index contributed by atoms with van der Waals surface area (Å²) in [5.41, 5.74) is 2.82. The van der Waals surface area contributed by atoms with Crippen molar-refractivity contribution in [1.29, 1.82) is 0 Å². The fraction of sp³-hybridized carbons (Fsp3) is 0.167. The molecule has 1 aromatic rings. The van der Waals surface area contributed by atoms with Crippen molar-refractivity contribution in [3.63, 3.8) is 0 Å². The molecule has 0 saturated heterocycles. The molecule has 0 bridgehead atoms. The second kappa shape index (κ2) is 3.40. The van der Waals surface area contributed by atoms with Crippen molar-refractivity contribution in [1.82, 2.24) is 0 Å². The van der Waals surface area contributed by atoms with Crippen LogP contribution in [0.1, 0.15) is 17.5 Å². The molecule has 12 heavy (non-hydrogen) atoms. The van der Waals surface area contributed by atoms with E-state index in [1.54, 1.807) is 0 Å². The Morgan fingerprint density at radius 2 is 1.92 bits per heavy atom. The van der Waals surface area contributed by atoms with Crippen LogP contribution in [0.2, 0.25) is 0 Å². The molecule has 60 valence electrons.